The number of aromatic nitrogens is 4. The molecule has 0 saturated carbocycles. The minimum Gasteiger partial charge on any atom is -0.307 e. The lowest BCUT2D eigenvalue weighted by molar-refractivity contribution is -0.117. The fraction of sp³-hybridized carbons (Fsp3) is 0.250. The van der Waals surface area contributed by atoms with Crippen LogP contribution >= 0.6 is 11.8 Å². The number of carbonyl (C=O) groups excluding carboxylic acids is 2. The molecule has 150 valence electrons. The number of nitrogens with one attached hydrogen (secondary N) is 2. The summed E-state index contributed by atoms with van der Waals surface area (Å²) in [5.41, 5.74) is 5.79. The molecule has 2 aromatic carbocycles. The number of urea groups is 1. The van der Waals surface area contributed by atoms with Crippen LogP contribution in [-0.4, -0.2) is 37.9 Å². The van der Waals surface area contributed by atoms with Crippen molar-refractivity contribution in [2.45, 2.75) is 32.9 Å². The summed E-state index contributed by atoms with van der Waals surface area (Å²) in [4.78, 5) is 24.2. The zero-order chi connectivity index (χ0) is 21.0. The van der Waals surface area contributed by atoms with Crippen molar-refractivity contribution in [3.05, 3.63) is 58.7 Å². The zero-order valence-corrected chi connectivity index (χ0v) is 17.5. The number of rotatable bonds is 5. The van der Waals surface area contributed by atoms with E-state index < -0.39 is 11.9 Å². The molecule has 0 aliphatic carbocycles. The summed E-state index contributed by atoms with van der Waals surface area (Å²) in [5.74, 6) is -0.433. The number of hydrogen-bond acceptors (Lipinski definition) is 6. The van der Waals surface area contributed by atoms with Gasteiger partial charge in [0, 0.05) is 5.69 Å². The molecule has 1 heterocycles. The summed E-state index contributed by atoms with van der Waals surface area (Å²) in [5, 5.41) is 17.1. The van der Waals surface area contributed by atoms with Crippen molar-refractivity contribution in [1.82, 2.24) is 25.5 Å². The number of aryl methyl sites for hydroxylation is 4. The van der Waals surface area contributed by atoms with Crippen LogP contribution in [0.5, 0.6) is 0 Å². The molecule has 0 unspecified atom stereocenters. The fourth-order valence-corrected chi connectivity index (χ4v) is 3.38. The molecule has 2 N–H and O–H groups in total. The van der Waals surface area contributed by atoms with Gasteiger partial charge in [-0.25, -0.2) is 4.79 Å². The highest BCUT2D eigenvalue weighted by Crippen LogP contribution is 2.20. The van der Waals surface area contributed by atoms with E-state index in [-0.39, 0.29) is 5.75 Å². The molecule has 9 heteroatoms. The standard InChI is InChI=1S/C20H22N6O2S/c1-12-5-8-17(15(4)9-12)21-19(28)22-18(27)11-29-20-23-24-25-26(20)16-7-6-13(2)14(3)10-16/h5-10H,11H2,1-4H3,(H2,21,22,27,28). The van der Waals surface area contributed by atoms with E-state index in [1.165, 1.54) is 5.56 Å². The summed E-state index contributed by atoms with van der Waals surface area (Å²) in [6, 6.07) is 11.0. The topological polar surface area (TPSA) is 102 Å². The summed E-state index contributed by atoms with van der Waals surface area (Å²) >= 11 is 1.15. The summed E-state index contributed by atoms with van der Waals surface area (Å²) in [6.07, 6.45) is 0. The van der Waals surface area contributed by atoms with Crippen molar-refractivity contribution in [3.8, 4) is 5.69 Å². The fourth-order valence-electron chi connectivity index (χ4n) is 2.69. The van der Waals surface area contributed by atoms with Crippen LogP contribution in [0.3, 0.4) is 0 Å². The van der Waals surface area contributed by atoms with Gasteiger partial charge in [0.2, 0.25) is 11.1 Å². The Kier molecular flexibility index (Phi) is 6.28. The first-order chi connectivity index (χ1) is 13.8. The number of carbonyl (C=O) groups is 2. The van der Waals surface area contributed by atoms with E-state index in [0.717, 1.165) is 34.1 Å². The number of thioether (sulfide) groups is 1. The zero-order valence-electron chi connectivity index (χ0n) is 16.7. The maximum atomic E-state index is 12.2. The Morgan fingerprint density at radius 2 is 1.79 bits per heavy atom. The van der Waals surface area contributed by atoms with E-state index in [0.29, 0.717) is 10.8 Å². The van der Waals surface area contributed by atoms with Crippen LogP contribution < -0.4 is 10.6 Å². The maximum absolute atomic E-state index is 12.2. The predicted octanol–water partition coefficient (Wildman–Crippen LogP) is 3.34. The number of benzene rings is 2. The van der Waals surface area contributed by atoms with Gasteiger partial charge in [-0.05, 0) is 73.0 Å². The third-order valence-corrected chi connectivity index (χ3v) is 5.31. The van der Waals surface area contributed by atoms with Gasteiger partial charge in [-0.1, -0.05) is 35.5 Å². The molecule has 0 radical (unpaired) electrons. The highest BCUT2D eigenvalue weighted by atomic mass is 32.2. The quantitative estimate of drug-likeness (QED) is 0.626. The second kappa shape index (κ2) is 8.87. The number of tetrazole rings is 1. The van der Waals surface area contributed by atoms with Crippen LogP contribution in [-0.2, 0) is 4.79 Å². The van der Waals surface area contributed by atoms with Gasteiger partial charge in [0.15, 0.2) is 0 Å². The van der Waals surface area contributed by atoms with E-state index in [4.69, 9.17) is 0 Å². The van der Waals surface area contributed by atoms with Gasteiger partial charge in [0.25, 0.3) is 0 Å². The van der Waals surface area contributed by atoms with E-state index in [9.17, 15) is 9.59 Å². The first-order valence-electron chi connectivity index (χ1n) is 9.00. The molecule has 0 fully saturated rings. The van der Waals surface area contributed by atoms with Crippen LogP contribution in [0.2, 0.25) is 0 Å². The Hall–Kier alpha value is -3.20. The number of imide groups is 1. The summed E-state index contributed by atoms with van der Waals surface area (Å²) in [6.45, 7) is 7.91. The van der Waals surface area contributed by atoms with Gasteiger partial charge >= 0.3 is 6.03 Å². The molecule has 0 aliphatic rings. The molecule has 8 nitrogen and oxygen atoms in total. The Morgan fingerprint density at radius 3 is 2.52 bits per heavy atom. The maximum Gasteiger partial charge on any atom is 0.325 e. The van der Waals surface area contributed by atoms with Gasteiger partial charge in [-0.3, -0.25) is 10.1 Å². The number of amides is 3. The van der Waals surface area contributed by atoms with E-state index in [2.05, 4.69) is 26.2 Å². The molecular formula is C20H22N6O2S. The van der Waals surface area contributed by atoms with Crippen LogP contribution in [0.1, 0.15) is 22.3 Å². The van der Waals surface area contributed by atoms with Crippen molar-refractivity contribution < 1.29 is 9.59 Å². The third-order valence-electron chi connectivity index (χ3n) is 4.39. The van der Waals surface area contributed by atoms with Crippen molar-refractivity contribution in [1.29, 1.82) is 0 Å². The van der Waals surface area contributed by atoms with Crippen molar-refractivity contribution in [3.63, 3.8) is 0 Å². The minimum atomic E-state index is -0.573. The van der Waals surface area contributed by atoms with Crippen LogP contribution in [0.15, 0.2) is 41.6 Å². The first-order valence-corrected chi connectivity index (χ1v) is 9.99. The predicted molar refractivity (Wildman–Crippen MR) is 112 cm³/mol. The van der Waals surface area contributed by atoms with Crippen LogP contribution in [0.4, 0.5) is 10.5 Å². The summed E-state index contributed by atoms with van der Waals surface area (Å²) < 4.78 is 1.57. The smallest absolute Gasteiger partial charge is 0.307 e. The molecule has 0 aliphatic heterocycles. The Balaban J connectivity index is 1.58. The van der Waals surface area contributed by atoms with Crippen molar-refractivity contribution in [2.24, 2.45) is 0 Å². The second-order valence-corrected chi connectivity index (χ2v) is 7.69. The molecule has 29 heavy (non-hydrogen) atoms. The van der Waals surface area contributed by atoms with E-state index >= 15 is 0 Å². The minimum absolute atomic E-state index is 0.00547. The molecule has 3 aromatic rings. The normalized spacial score (nSPS) is 10.6. The summed E-state index contributed by atoms with van der Waals surface area (Å²) in [7, 11) is 0. The monoisotopic (exact) mass is 410 g/mol. The average Bonchev–Trinajstić information content (AvgIpc) is 3.13. The first kappa shape index (κ1) is 20.5. The van der Waals surface area contributed by atoms with Crippen LogP contribution in [0.25, 0.3) is 5.69 Å². The number of nitrogens with zero attached hydrogens (tertiary/aromatic N) is 4. The molecule has 0 spiro atoms. The highest BCUT2D eigenvalue weighted by molar-refractivity contribution is 7.99. The average molecular weight is 411 g/mol. The molecule has 3 amide bonds. The van der Waals surface area contributed by atoms with Gasteiger partial charge < -0.3 is 5.32 Å². The molecule has 3 rings (SSSR count). The number of hydrogen-bond donors (Lipinski definition) is 2. The van der Waals surface area contributed by atoms with Crippen molar-refractivity contribution >= 4 is 29.4 Å². The third kappa shape index (κ3) is 5.20. The SMILES string of the molecule is Cc1ccc(NC(=O)NC(=O)CSc2nnnn2-c2ccc(C)c(C)c2)c(C)c1. The van der Waals surface area contributed by atoms with Crippen LogP contribution in [0, 0.1) is 27.7 Å². The van der Waals surface area contributed by atoms with Crippen molar-refractivity contribution in [2.75, 3.05) is 11.1 Å². The lowest BCUT2D eigenvalue weighted by atomic mass is 10.1. The van der Waals surface area contributed by atoms with Gasteiger partial charge in [-0.2, -0.15) is 4.68 Å². The lowest BCUT2D eigenvalue weighted by Gasteiger charge is -2.10. The second-order valence-electron chi connectivity index (χ2n) is 6.75. The number of anilines is 1. The van der Waals surface area contributed by atoms with E-state index in [1.807, 2.05) is 58.0 Å². The van der Waals surface area contributed by atoms with Gasteiger partial charge in [0.05, 0.1) is 11.4 Å². The Bertz CT molecular complexity index is 1060. The van der Waals surface area contributed by atoms with Gasteiger partial charge in [0.1, 0.15) is 0 Å². The Labute approximate surface area is 173 Å². The molecule has 0 atom stereocenters. The largest absolute Gasteiger partial charge is 0.325 e. The Morgan fingerprint density at radius 1 is 1.00 bits per heavy atom. The lowest BCUT2D eigenvalue weighted by Crippen LogP contribution is -2.35. The van der Waals surface area contributed by atoms with E-state index in [1.54, 1.807) is 10.7 Å². The van der Waals surface area contributed by atoms with Gasteiger partial charge in [-0.15, -0.1) is 5.10 Å². The molecule has 1 aromatic heterocycles. The molecule has 0 bridgehead atoms. The highest BCUT2D eigenvalue weighted by Gasteiger charge is 2.14. The molecule has 0 saturated heterocycles. The molecular weight excluding hydrogens is 388 g/mol.